The Kier molecular flexibility index (Phi) is 3.62. The molecule has 3 N–H and O–H groups in total. The lowest BCUT2D eigenvalue weighted by atomic mass is 9.95. The molecular weight excluding hydrogens is 258 g/mol. The summed E-state index contributed by atoms with van der Waals surface area (Å²) >= 11 is 3.39. The lowest BCUT2D eigenvalue weighted by Gasteiger charge is -2.20. The van der Waals surface area contributed by atoms with Crippen LogP contribution in [0.25, 0.3) is 0 Å². The number of methoxy groups -OCH3 is 1. The molecule has 0 bridgehead atoms. The van der Waals surface area contributed by atoms with E-state index in [0.717, 1.165) is 10.0 Å². The van der Waals surface area contributed by atoms with E-state index in [1.807, 2.05) is 19.9 Å². The Morgan fingerprint density at radius 2 is 2.07 bits per heavy atom. The van der Waals surface area contributed by atoms with Crippen molar-refractivity contribution in [2.45, 2.75) is 25.8 Å². The van der Waals surface area contributed by atoms with Crippen molar-refractivity contribution in [3.63, 3.8) is 0 Å². The van der Waals surface area contributed by atoms with E-state index in [2.05, 4.69) is 15.9 Å². The van der Waals surface area contributed by atoms with Crippen molar-refractivity contribution in [2.75, 3.05) is 7.11 Å². The van der Waals surface area contributed by atoms with Gasteiger partial charge in [-0.15, -0.1) is 0 Å². The van der Waals surface area contributed by atoms with Gasteiger partial charge in [-0.05, 0) is 32.4 Å². The number of halogens is 1. The highest BCUT2D eigenvalue weighted by atomic mass is 79.9. The molecule has 0 saturated carbocycles. The van der Waals surface area contributed by atoms with E-state index in [1.54, 1.807) is 6.07 Å². The Morgan fingerprint density at radius 3 is 2.53 bits per heavy atom. The van der Waals surface area contributed by atoms with E-state index in [0.29, 0.717) is 12.2 Å². The number of hydrogen-bond donors (Lipinski definition) is 2. The zero-order valence-corrected chi connectivity index (χ0v) is 10.8. The van der Waals surface area contributed by atoms with Crippen molar-refractivity contribution in [3.8, 4) is 11.5 Å². The van der Waals surface area contributed by atoms with Crippen molar-refractivity contribution in [2.24, 2.45) is 5.73 Å². The Morgan fingerprint density at radius 1 is 1.47 bits per heavy atom. The molecule has 0 spiro atoms. The molecule has 0 aliphatic rings. The molecule has 0 aromatic heterocycles. The van der Waals surface area contributed by atoms with Gasteiger partial charge in [-0.25, -0.2) is 0 Å². The van der Waals surface area contributed by atoms with Crippen LogP contribution in [0.5, 0.6) is 11.5 Å². The number of rotatable bonds is 3. The number of hydrogen-bond acceptors (Lipinski definition) is 3. The van der Waals surface area contributed by atoms with Crippen molar-refractivity contribution < 1.29 is 9.84 Å². The van der Waals surface area contributed by atoms with Crippen LogP contribution in [0.2, 0.25) is 0 Å². The van der Waals surface area contributed by atoms with E-state index in [1.165, 1.54) is 7.11 Å². The second kappa shape index (κ2) is 4.41. The third kappa shape index (κ3) is 3.11. The molecule has 0 unspecified atom stereocenters. The number of aromatic hydroxyl groups is 1. The normalized spacial score (nSPS) is 11.5. The summed E-state index contributed by atoms with van der Waals surface area (Å²) in [6, 6.07) is 3.56. The summed E-state index contributed by atoms with van der Waals surface area (Å²) in [6.07, 6.45) is 0.580. The average Bonchev–Trinajstić information content (AvgIpc) is 2.11. The lowest BCUT2D eigenvalue weighted by Crippen LogP contribution is -2.34. The number of ether oxygens (including phenoxy) is 1. The molecule has 0 saturated heterocycles. The van der Waals surface area contributed by atoms with Crippen molar-refractivity contribution in [1.82, 2.24) is 0 Å². The first-order chi connectivity index (χ1) is 6.85. The van der Waals surface area contributed by atoms with Gasteiger partial charge in [0.05, 0.1) is 7.11 Å². The molecule has 0 aliphatic carbocycles. The summed E-state index contributed by atoms with van der Waals surface area (Å²) in [7, 11) is 1.53. The van der Waals surface area contributed by atoms with Crippen LogP contribution in [0.15, 0.2) is 16.6 Å². The Hall–Kier alpha value is -0.740. The fourth-order valence-corrected chi connectivity index (χ4v) is 1.84. The molecule has 3 nitrogen and oxygen atoms in total. The fourth-order valence-electron chi connectivity index (χ4n) is 1.38. The summed E-state index contributed by atoms with van der Waals surface area (Å²) in [6.45, 7) is 3.83. The van der Waals surface area contributed by atoms with Gasteiger partial charge >= 0.3 is 0 Å². The average molecular weight is 274 g/mol. The van der Waals surface area contributed by atoms with Crippen LogP contribution >= 0.6 is 15.9 Å². The molecule has 15 heavy (non-hydrogen) atoms. The fraction of sp³-hybridized carbons (Fsp3) is 0.455. The van der Waals surface area contributed by atoms with Crippen LogP contribution in [0.1, 0.15) is 19.4 Å². The van der Waals surface area contributed by atoms with Gasteiger partial charge < -0.3 is 15.6 Å². The molecule has 84 valence electrons. The minimum atomic E-state index is -0.369. The van der Waals surface area contributed by atoms with Crippen LogP contribution in [-0.2, 0) is 6.42 Å². The van der Waals surface area contributed by atoms with Crippen molar-refractivity contribution >= 4 is 15.9 Å². The molecular formula is C11H16BrNO2. The molecule has 1 rings (SSSR count). The second-order valence-electron chi connectivity index (χ2n) is 4.24. The summed E-state index contributed by atoms with van der Waals surface area (Å²) in [4.78, 5) is 0. The standard InChI is InChI=1S/C11H16BrNO2/c1-11(2,13)6-7-8(12)4-5-9(15-3)10(7)14/h4-5,14H,6,13H2,1-3H3. The molecule has 0 aliphatic heterocycles. The number of phenols is 1. The monoisotopic (exact) mass is 273 g/mol. The molecule has 1 aromatic rings. The SMILES string of the molecule is COc1ccc(Br)c(CC(C)(C)N)c1O. The maximum atomic E-state index is 9.92. The van der Waals surface area contributed by atoms with E-state index in [-0.39, 0.29) is 11.3 Å². The third-order valence-corrected chi connectivity index (χ3v) is 2.78. The summed E-state index contributed by atoms with van der Waals surface area (Å²) in [5.41, 5.74) is 6.33. The maximum Gasteiger partial charge on any atom is 0.162 e. The molecule has 0 heterocycles. The van der Waals surface area contributed by atoms with Crippen LogP contribution in [0.3, 0.4) is 0 Å². The smallest absolute Gasteiger partial charge is 0.162 e. The summed E-state index contributed by atoms with van der Waals surface area (Å²) in [5.74, 6) is 0.628. The predicted octanol–water partition coefficient (Wildman–Crippen LogP) is 2.44. The number of benzene rings is 1. The maximum absolute atomic E-state index is 9.92. The Labute approximate surface area is 98.4 Å². The quantitative estimate of drug-likeness (QED) is 0.890. The van der Waals surface area contributed by atoms with E-state index >= 15 is 0 Å². The number of phenolic OH excluding ortho intramolecular Hbond substituents is 1. The lowest BCUT2D eigenvalue weighted by molar-refractivity contribution is 0.367. The topological polar surface area (TPSA) is 55.5 Å². The molecule has 0 radical (unpaired) electrons. The highest BCUT2D eigenvalue weighted by molar-refractivity contribution is 9.10. The van der Waals surface area contributed by atoms with E-state index in [4.69, 9.17) is 10.5 Å². The minimum Gasteiger partial charge on any atom is -0.504 e. The molecule has 0 atom stereocenters. The highest BCUT2D eigenvalue weighted by Crippen LogP contribution is 2.36. The Balaban J connectivity index is 3.15. The van der Waals surface area contributed by atoms with Gasteiger partial charge in [0.25, 0.3) is 0 Å². The minimum absolute atomic E-state index is 0.158. The van der Waals surface area contributed by atoms with Gasteiger partial charge in [0.15, 0.2) is 11.5 Å². The summed E-state index contributed by atoms with van der Waals surface area (Å²) in [5, 5.41) is 9.92. The van der Waals surface area contributed by atoms with Crippen LogP contribution < -0.4 is 10.5 Å². The van der Waals surface area contributed by atoms with Gasteiger partial charge in [0, 0.05) is 15.6 Å². The largest absolute Gasteiger partial charge is 0.504 e. The number of nitrogens with two attached hydrogens (primary N) is 1. The van der Waals surface area contributed by atoms with Crippen LogP contribution in [0.4, 0.5) is 0 Å². The second-order valence-corrected chi connectivity index (χ2v) is 5.10. The zero-order valence-electron chi connectivity index (χ0n) is 9.17. The van der Waals surface area contributed by atoms with Crippen molar-refractivity contribution in [3.05, 3.63) is 22.2 Å². The van der Waals surface area contributed by atoms with E-state index in [9.17, 15) is 5.11 Å². The first kappa shape index (κ1) is 12.3. The predicted molar refractivity (Wildman–Crippen MR) is 64.3 cm³/mol. The molecule has 0 amide bonds. The zero-order chi connectivity index (χ0) is 11.6. The van der Waals surface area contributed by atoms with Gasteiger partial charge in [0.1, 0.15) is 0 Å². The van der Waals surface area contributed by atoms with Gasteiger partial charge in [-0.3, -0.25) is 0 Å². The van der Waals surface area contributed by atoms with Gasteiger partial charge in [0.2, 0.25) is 0 Å². The highest BCUT2D eigenvalue weighted by Gasteiger charge is 2.19. The molecule has 1 aromatic carbocycles. The Bertz CT molecular complexity index is 358. The van der Waals surface area contributed by atoms with Crippen LogP contribution in [-0.4, -0.2) is 17.8 Å². The van der Waals surface area contributed by atoms with Crippen LogP contribution in [0, 0.1) is 0 Å². The molecule has 4 heteroatoms. The first-order valence-electron chi connectivity index (χ1n) is 4.68. The van der Waals surface area contributed by atoms with Gasteiger partial charge in [-0.2, -0.15) is 0 Å². The van der Waals surface area contributed by atoms with Gasteiger partial charge in [-0.1, -0.05) is 15.9 Å². The molecule has 0 fully saturated rings. The summed E-state index contributed by atoms with van der Waals surface area (Å²) < 4.78 is 5.89. The van der Waals surface area contributed by atoms with E-state index < -0.39 is 0 Å². The third-order valence-electron chi connectivity index (χ3n) is 2.04. The van der Waals surface area contributed by atoms with Crippen molar-refractivity contribution in [1.29, 1.82) is 0 Å². The first-order valence-corrected chi connectivity index (χ1v) is 5.47.